The molecule has 1 fully saturated rings. The number of halogens is 1. The maximum atomic E-state index is 13.1. The number of hydrogen-bond acceptors (Lipinski definition) is 5. The molecule has 136 valence electrons. The quantitative estimate of drug-likeness (QED) is 0.766. The Labute approximate surface area is 161 Å². The number of Topliss-reactive ketones (excluding diaryl/α,β-unsaturated/α-hetero) is 1. The second kappa shape index (κ2) is 6.32. The predicted octanol–water partition coefficient (Wildman–Crippen LogP) is 2.97. The summed E-state index contributed by atoms with van der Waals surface area (Å²) in [6.45, 7) is 3.31. The number of carbonyl (C=O) groups is 3. The number of fused-ring (bicyclic) bond motifs is 1. The molecule has 2 amide bonds. The summed E-state index contributed by atoms with van der Waals surface area (Å²) in [5.41, 5.74) is 2.25. The summed E-state index contributed by atoms with van der Waals surface area (Å²) in [5, 5.41) is 6.31. The van der Waals surface area contributed by atoms with E-state index in [1.54, 1.807) is 24.3 Å². The molecule has 2 aliphatic heterocycles. The standard InChI is InChI=1S/C20H16ClN3O3/c1-11-3-7-15(8-4-11)24-18-16(17(22-24)12(2)25)19(26)23(20(18)27)14-9-5-13(21)6-10-14/h3-10,16,18H,1-2H3/t16-,18-/m1/s1. The predicted molar refractivity (Wildman–Crippen MR) is 103 cm³/mol. The van der Waals surface area contributed by atoms with Gasteiger partial charge in [0.25, 0.3) is 5.91 Å². The van der Waals surface area contributed by atoms with E-state index in [0.717, 1.165) is 10.5 Å². The van der Waals surface area contributed by atoms with Crippen LogP contribution in [0.15, 0.2) is 53.6 Å². The van der Waals surface area contributed by atoms with Crippen LogP contribution in [0.5, 0.6) is 0 Å². The van der Waals surface area contributed by atoms with E-state index in [-0.39, 0.29) is 11.5 Å². The smallest absolute Gasteiger partial charge is 0.259 e. The summed E-state index contributed by atoms with van der Waals surface area (Å²) in [6.07, 6.45) is 0. The molecule has 2 atom stereocenters. The number of anilines is 2. The maximum Gasteiger partial charge on any atom is 0.259 e. The largest absolute Gasteiger partial charge is 0.293 e. The number of hydrogen-bond donors (Lipinski definition) is 0. The number of carbonyl (C=O) groups excluding carboxylic acids is 3. The number of imide groups is 1. The molecule has 2 aromatic rings. The molecular formula is C20H16ClN3O3. The lowest BCUT2D eigenvalue weighted by atomic mass is 9.95. The molecule has 2 aliphatic rings. The van der Waals surface area contributed by atoms with E-state index in [1.165, 1.54) is 11.9 Å². The topological polar surface area (TPSA) is 70.1 Å². The van der Waals surface area contributed by atoms with E-state index in [2.05, 4.69) is 5.10 Å². The molecule has 27 heavy (non-hydrogen) atoms. The number of nitrogens with zero attached hydrogens (tertiary/aromatic N) is 3. The highest BCUT2D eigenvalue weighted by atomic mass is 35.5. The van der Waals surface area contributed by atoms with Gasteiger partial charge in [-0.1, -0.05) is 29.3 Å². The SMILES string of the molecule is CC(=O)C1=NN(c2ccc(C)cc2)[C@H]2C(=O)N(c3ccc(Cl)cc3)C(=O)[C@H]12. The average molecular weight is 382 g/mol. The fourth-order valence-corrected chi connectivity index (χ4v) is 3.59. The van der Waals surface area contributed by atoms with Gasteiger partial charge in [-0.25, -0.2) is 4.90 Å². The molecule has 7 heteroatoms. The van der Waals surface area contributed by atoms with Gasteiger partial charge < -0.3 is 0 Å². The van der Waals surface area contributed by atoms with Crippen LogP contribution in [0, 0.1) is 12.8 Å². The fraction of sp³-hybridized carbons (Fsp3) is 0.200. The third-order valence-electron chi connectivity index (χ3n) is 4.79. The van der Waals surface area contributed by atoms with Gasteiger partial charge in [0.05, 0.1) is 11.4 Å². The van der Waals surface area contributed by atoms with E-state index in [0.29, 0.717) is 16.4 Å². The Morgan fingerprint density at radius 1 is 0.963 bits per heavy atom. The minimum Gasteiger partial charge on any atom is -0.293 e. The molecule has 0 radical (unpaired) electrons. The summed E-state index contributed by atoms with van der Waals surface area (Å²) >= 11 is 5.91. The van der Waals surface area contributed by atoms with E-state index in [1.807, 2.05) is 31.2 Å². The molecule has 0 aromatic heterocycles. The molecule has 4 rings (SSSR count). The molecule has 2 heterocycles. The minimum absolute atomic E-state index is 0.107. The van der Waals surface area contributed by atoms with Crippen LogP contribution in [0.2, 0.25) is 5.02 Å². The first kappa shape index (κ1) is 17.4. The first-order chi connectivity index (χ1) is 12.9. The highest BCUT2D eigenvalue weighted by Gasteiger charge is 2.58. The summed E-state index contributed by atoms with van der Waals surface area (Å²) in [5.74, 6) is -2.09. The highest BCUT2D eigenvalue weighted by molar-refractivity contribution is 6.48. The first-order valence-corrected chi connectivity index (χ1v) is 8.85. The molecule has 0 spiro atoms. The van der Waals surface area contributed by atoms with Crippen molar-refractivity contribution in [3.05, 3.63) is 59.1 Å². The molecule has 0 saturated carbocycles. The van der Waals surface area contributed by atoms with E-state index >= 15 is 0 Å². The Bertz CT molecular complexity index is 983. The van der Waals surface area contributed by atoms with Crippen LogP contribution >= 0.6 is 11.6 Å². The normalized spacial score (nSPS) is 21.5. The molecule has 0 N–H and O–H groups in total. The molecular weight excluding hydrogens is 366 g/mol. The van der Waals surface area contributed by atoms with Crippen LogP contribution < -0.4 is 9.91 Å². The Morgan fingerprint density at radius 2 is 1.56 bits per heavy atom. The van der Waals surface area contributed by atoms with Gasteiger partial charge in [0.15, 0.2) is 5.78 Å². The van der Waals surface area contributed by atoms with Gasteiger partial charge in [0.1, 0.15) is 17.7 Å². The zero-order valence-corrected chi connectivity index (χ0v) is 15.5. The van der Waals surface area contributed by atoms with Gasteiger partial charge in [-0.15, -0.1) is 0 Å². The number of hydrazone groups is 1. The molecule has 0 unspecified atom stereocenters. The van der Waals surface area contributed by atoms with E-state index in [4.69, 9.17) is 11.6 Å². The molecule has 0 bridgehead atoms. The van der Waals surface area contributed by atoms with Crippen LogP contribution in [-0.2, 0) is 14.4 Å². The molecule has 2 aromatic carbocycles. The van der Waals surface area contributed by atoms with Crippen LogP contribution in [0.3, 0.4) is 0 Å². The van der Waals surface area contributed by atoms with Gasteiger partial charge in [0, 0.05) is 11.9 Å². The van der Waals surface area contributed by atoms with E-state index in [9.17, 15) is 14.4 Å². The summed E-state index contributed by atoms with van der Waals surface area (Å²) in [6, 6.07) is 13.0. The lowest BCUT2D eigenvalue weighted by molar-refractivity contribution is -0.122. The van der Waals surface area contributed by atoms with Crippen molar-refractivity contribution in [2.24, 2.45) is 11.0 Å². The highest BCUT2D eigenvalue weighted by Crippen LogP contribution is 2.38. The second-order valence-electron chi connectivity index (χ2n) is 6.63. The molecule has 0 aliphatic carbocycles. The van der Waals surface area contributed by atoms with E-state index < -0.39 is 23.8 Å². The molecule has 1 saturated heterocycles. The van der Waals surface area contributed by atoms with Crippen molar-refractivity contribution in [3.8, 4) is 0 Å². The Morgan fingerprint density at radius 3 is 2.15 bits per heavy atom. The third kappa shape index (κ3) is 2.73. The van der Waals surface area contributed by atoms with Gasteiger partial charge in [-0.2, -0.15) is 5.10 Å². The average Bonchev–Trinajstić information content (AvgIpc) is 3.15. The van der Waals surface area contributed by atoms with Gasteiger partial charge in [-0.05, 0) is 43.3 Å². The summed E-state index contributed by atoms with van der Waals surface area (Å²) in [7, 11) is 0. The number of ketones is 1. The third-order valence-corrected chi connectivity index (χ3v) is 5.05. The lowest BCUT2D eigenvalue weighted by Gasteiger charge is -2.22. The number of aryl methyl sites for hydroxylation is 1. The van der Waals surface area contributed by atoms with Crippen molar-refractivity contribution in [3.63, 3.8) is 0 Å². The van der Waals surface area contributed by atoms with Gasteiger partial charge >= 0.3 is 0 Å². The fourth-order valence-electron chi connectivity index (χ4n) is 3.46. The molecule has 6 nitrogen and oxygen atoms in total. The Balaban J connectivity index is 1.79. The summed E-state index contributed by atoms with van der Waals surface area (Å²) in [4.78, 5) is 39.4. The number of amides is 2. The first-order valence-electron chi connectivity index (χ1n) is 8.47. The number of rotatable bonds is 3. The van der Waals surface area contributed by atoms with Crippen molar-refractivity contribution in [1.29, 1.82) is 0 Å². The second-order valence-corrected chi connectivity index (χ2v) is 7.07. The van der Waals surface area contributed by atoms with Crippen molar-refractivity contribution in [1.82, 2.24) is 0 Å². The van der Waals surface area contributed by atoms with Crippen LogP contribution in [-0.4, -0.2) is 29.4 Å². The van der Waals surface area contributed by atoms with Crippen LogP contribution in [0.25, 0.3) is 0 Å². The Hall–Kier alpha value is -2.99. The monoisotopic (exact) mass is 381 g/mol. The number of benzene rings is 2. The lowest BCUT2D eigenvalue weighted by Crippen LogP contribution is -2.39. The Kier molecular flexibility index (Phi) is 4.08. The van der Waals surface area contributed by atoms with Crippen molar-refractivity contribution in [2.45, 2.75) is 19.9 Å². The zero-order chi connectivity index (χ0) is 19.3. The van der Waals surface area contributed by atoms with Gasteiger partial charge in [0.2, 0.25) is 5.91 Å². The minimum atomic E-state index is -0.910. The van der Waals surface area contributed by atoms with Crippen LogP contribution in [0.1, 0.15) is 12.5 Å². The maximum absolute atomic E-state index is 13.1. The summed E-state index contributed by atoms with van der Waals surface area (Å²) < 4.78 is 0. The van der Waals surface area contributed by atoms with Crippen molar-refractivity contribution in [2.75, 3.05) is 9.91 Å². The zero-order valence-electron chi connectivity index (χ0n) is 14.7. The van der Waals surface area contributed by atoms with Gasteiger partial charge in [-0.3, -0.25) is 19.4 Å². The van der Waals surface area contributed by atoms with Crippen LogP contribution in [0.4, 0.5) is 11.4 Å². The van der Waals surface area contributed by atoms with Crippen molar-refractivity contribution < 1.29 is 14.4 Å². The van der Waals surface area contributed by atoms with Crippen molar-refractivity contribution >= 4 is 46.3 Å².